The Morgan fingerprint density at radius 1 is 1.50 bits per heavy atom. The number of nitrogens with one attached hydrogen (secondary N) is 2. The van der Waals surface area contributed by atoms with Crippen molar-refractivity contribution < 1.29 is 23.9 Å². The van der Waals surface area contributed by atoms with E-state index in [0.29, 0.717) is 19.6 Å². The third kappa shape index (κ3) is 3.88. The maximum absolute atomic E-state index is 12.0. The number of amides is 3. The number of nitrogens with two attached hydrogens (primary N) is 1. The molecule has 0 saturated carbocycles. The minimum atomic E-state index is -0.943. The highest BCUT2D eigenvalue weighted by Crippen LogP contribution is 2.33. The number of alkyl carbamates (subject to hydrolysis) is 1. The van der Waals surface area contributed by atoms with Gasteiger partial charge in [0.1, 0.15) is 11.6 Å². The Kier molecular flexibility index (Phi) is 4.32. The monoisotopic (exact) mass is 313 g/mol. The van der Waals surface area contributed by atoms with E-state index in [2.05, 4.69) is 10.6 Å². The zero-order valence-electron chi connectivity index (χ0n) is 13.1. The van der Waals surface area contributed by atoms with Crippen molar-refractivity contribution in [3.8, 4) is 0 Å². The fourth-order valence-corrected chi connectivity index (χ4v) is 2.69. The topological polar surface area (TPSA) is 120 Å². The predicted molar refractivity (Wildman–Crippen MR) is 76.8 cm³/mol. The zero-order chi connectivity index (χ0) is 16.5. The molecule has 4 N–H and O–H groups in total. The fraction of sp³-hybridized carbons (Fsp3) is 0.786. The second-order valence-electron chi connectivity index (χ2n) is 7.00. The van der Waals surface area contributed by atoms with Crippen molar-refractivity contribution in [2.75, 3.05) is 13.2 Å². The molecule has 8 nitrogen and oxygen atoms in total. The van der Waals surface area contributed by atoms with Crippen molar-refractivity contribution in [1.29, 1.82) is 0 Å². The summed E-state index contributed by atoms with van der Waals surface area (Å²) in [6.45, 7) is 6.12. The van der Waals surface area contributed by atoms with Gasteiger partial charge in [0.05, 0.1) is 18.8 Å². The van der Waals surface area contributed by atoms with Crippen molar-refractivity contribution in [1.82, 2.24) is 10.6 Å². The Morgan fingerprint density at radius 2 is 2.14 bits per heavy atom. The summed E-state index contributed by atoms with van der Waals surface area (Å²) in [5.41, 5.74) is 4.33. The molecule has 0 aliphatic carbocycles. The van der Waals surface area contributed by atoms with Gasteiger partial charge in [-0.15, -0.1) is 0 Å². The molecule has 0 aromatic heterocycles. The SMILES string of the molecule is CC(C)(C)OC(=O)N[C@@H](CC1CC2(COC2)NC1=O)C(N)=O. The van der Waals surface area contributed by atoms with Gasteiger partial charge in [-0.1, -0.05) is 0 Å². The second-order valence-corrected chi connectivity index (χ2v) is 7.00. The summed E-state index contributed by atoms with van der Waals surface area (Å²) >= 11 is 0. The summed E-state index contributed by atoms with van der Waals surface area (Å²) in [6.07, 6.45) is 0.00437. The van der Waals surface area contributed by atoms with Crippen molar-refractivity contribution in [2.45, 2.75) is 50.8 Å². The van der Waals surface area contributed by atoms with Gasteiger partial charge < -0.3 is 25.8 Å². The molecule has 1 unspecified atom stereocenters. The molecule has 0 bridgehead atoms. The summed E-state index contributed by atoms with van der Waals surface area (Å²) in [5.74, 6) is -1.21. The average Bonchev–Trinajstić information content (AvgIpc) is 2.63. The molecule has 3 amide bonds. The van der Waals surface area contributed by atoms with Crippen molar-refractivity contribution in [3.05, 3.63) is 0 Å². The van der Waals surface area contributed by atoms with E-state index < -0.39 is 23.6 Å². The maximum Gasteiger partial charge on any atom is 0.408 e. The Hall–Kier alpha value is -1.83. The van der Waals surface area contributed by atoms with Gasteiger partial charge in [0.25, 0.3) is 0 Å². The van der Waals surface area contributed by atoms with E-state index in [1.165, 1.54) is 0 Å². The fourth-order valence-electron chi connectivity index (χ4n) is 2.69. The summed E-state index contributed by atoms with van der Waals surface area (Å²) in [6, 6.07) is -0.943. The average molecular weight is 313 g/mol. The van der Waals surface area contributed by atoms with Gasteiger partial charge in [-0.2, -0.15) is 0 Å². The lowest BCUT2D eigenvalue weighted by Gasteiger charge is -2.37. The van der Waals surface area contributed by atoms with E-state index in [9.17, 15) is 14.4 Å². The van der Waals surface area contributed by atoms with Crippen LogP contribution in [0, 0.1) is 5.92 Å². The van der Waals surface area contributed by atoms with E-state index >= 15 is 0 Å². The number of ether oxygens (including phenoxy) is 2. The molecule has 0 aromatic rings. The molecule has 8 heteroatoms. The van der Waals surface area contributed by atoms with Gasteiger partial charge in [0.2, 0.25) is 11.8 Å². The number of hydrogen-bond acceptors (Lipinski definition) is 5. The molecule has 2 aliphatic rings. The van der Waals surface area contributed by atoms with E-state index in [4.69, 9.17) is 15.2 Å². The lowest BCUT2D eigenvalue weighted by molar-refractivity contribution is -0.126. The standard InChI is InChI=1S/C14H23N3O5/c1-13(2,3)22-12(20)16-9(10(15)18)4-8-5-14(6-21-7-14)17-11(8)19/h8-9H,4-7H2,1-3H3,(H2,15,18)(H,16,20)(H,17,19)/t8?,9-/m0/s1. The Morgan fingerprint density at radius 3 is 2.55 bits per heavy atom. The van der Waals surface area contributed by atoms with Crippen LogP contribution in [0.4, 0.5) is 4.79 Å². The molecule has 2 rings (SSSR count). The molecular formula is C14H23N3O5. The summed E-state index contributed by atoms with van der Waals surface area (Å²) in [7, 11) is 0. The van der Waals surface area contributed by atoms with Crippen molar-refractivity contribution in [2.24, 2.45) is 11.7 Å². The van der Waals surface area contributed by atoms with Crippen LogP contribution in [0.25, 0.3) is 0 Å². The lowest BCUT2D eigenvalue weighted by atomic mass is 9.88. The van der Waals surface area contributed by atoms with Crippen LogP contribution >= 0.6 is 0 Å². The van der Waals surface area contributed by atoms with Crippen LogP contribution in [0.2, 0.25) is 0 Å². The number of primary amides is 1. The molecule has 2 aliphatic heterocycles. The predicted octanol–water partition coefficient (Wildman–Crippen LogP) is -0.340. The van der Waals surface area contributed by atoms with Gasteiger partial charge >= 0.3 is 6.09 Å². The van der Waals surface area contributed by atoms with Crippen LogP contribution in [0.15, 0.2) is 0 Å². The van der Waals surface area contributed by atoms with Crippen LogP contribution in [-0.4, -0.2) is 48.3 Å². The van der Waals surface area contributed by atoms with E-state index in [1.54, 1.807) is 20.8 Å². The molecule has 2 saturated heterocycles. The minimum absolute atomic E-state index is 0.138. The minimum Gasteiger partial charge on any atom is -0.444 e. The normalized spacial score (nSPS) is 24.3. The van der Waals surface area contributed by atoms with E-state index in [0.717, 1.165) is 0 Å². The van der Waals surface area contributed by atoms with Crippen LogP contribution in [0.1, 0.15) is 33.6 Å². The molecule has 22 heavy (non-hydrogen) atoms. The zero-order valence-corrected chi connectivity index (χ0v) is 13.1. The third-order valence-electron chi connectivity index (χ3n) is 3.71. The van der Waals surface area contributed by atoms with Crippen LogP contribution in [0.3, 0.4) is 0 Å². The maximum atomic E-state index is 12.0. The molecule has 2 atom stereocenters. The summed E-state index contributed by atoms with van der Waals surface area (Å²) in [5, 5.41) is 5.33. The highest BCUT2D eigenvalue weighted by Gasteiger charge is 2.50. The first kappa shape index (κ1) is 16.5. The molecule has 124 valence electrons. The summed E-state index contributed by atoms with van der Waals surface area (Å²) in [4.78, 5) is 35.3. The van der Waals surface area contributed by atoms with Crippen molar-refractivity contribution >= 4 is 17.9 Å². The number of carbonyl (C=O) groups excluding carboxylic acids is 3. The van der Waals surface area contributed by atoms with Gasteiger partial charge in [-0.25, -0.2) is 4.79 Å². The second kappa shape index (κ2) is 5.75. The molecular weight excluding hydrogens is 290 g/mol. The van der Waals surface area contributed by atoms with Gasteiger partial charge in [-0.3, -0.25) is 9.59 Å². The third-order valence-corrected chi connectivity index (χ3v) is 3.71. The van der Waals surface area contributed by atoms with Crippen LogP contribution in [0.5, 0.6) is 0 Å². The van der Waals surface area contributed by atoms with E-state index in [1.807, 2.05) is 0 Å². The first-order valence-electron chi connectivity index (χ1n) is 7.29. The lowest BCUT2D eigenvalue weighted by Crippen LogP contribution is -2.57. The Labute approximate surface area is 129 Å². The van der Waals surface area contributed by atoms with Crippen molar-refractivity contribution in [3.63, 3.8) is 0 Å². The number of carbonyl (C=O) groups is 3. The largest absolute Gasteiger partial charge is 0.444 e. The molecule has 0 aromatic carbocycles. The molecule has 0 radical (unpaired) electrons. The van der Waals surface area contributed by atoms with Gasteiger partial charge in [0.15, 0.2) is 0 Å². The molecule has 2 heterocycles. The van der Waals surface area contributed by atoms with Gasteiger partial charge in [-0.05, 0) is 33.6 Å². The quantitative estimate of drug-likeness (QED) is 0.656. The highest BCUT2D eigenvalue weighted by atomic mass is 16.6. The number of rotatable bonds is 4. The smallest absolute Gasteiger partial charge is 0.408 e. The Balaban J connectivity index is 1.93. The van der Waals surface area contributed by atoms with E-state index in [-0.39, 0.29) is 23.8 Å². The number of hydrogen-bond donors (Lipinski definition) is 3. The van der Waals surface area contributed by atoms with Crippen LogP contribution < -0.4 is 16.4 Å². The summed E-state index contributed by atoms with van der Waals surface area (Å²) < 4.78 is 10.2. The first-order valence-corrected chi connectivity index (χ1v) is 7.29. The molecule has 1 spiro atoms. The molecule has 2 fully saturated rings. The van der Waals surface area contributed by atoms with Gasteiger partial charge in [0, 0.05) is 5.92 Å². The first-order chi connectivity index (χ1) is 10.1. The van der Waals surface area contributed by atoms with Crippen LogP contribution in [-0.2, 0) is 19.1 Å². The highest BCUT2D eigenvalue weighted by molar-refractivity contribution is 5.87. The Bertz CT molecular complexity index is 481.